The summed E-state index contributed by atoms with van der Waals surface area (Å²) in [5, 5.41) is 11.0. The number of rotatable bonds is 10. The molecule has 184 valence electrons. The fourth-order valence-electron chi connectivity index (χ4n) is 4.39. The van der Waals surface area contributed by atoms with Crippen LogP contribution < -0.4 is 4.90 Å². The van der Waals surface area contributed by atoms with E-state index in [1.165, 1.54) is 6.07 Å². The molecule has 1 N–H and O–H groups in total. The number of aliphatic hydroxyl groups is 1. The smallest absolute Gasteiger partial charge is 0.270 e. The number of carbonyl (C=O) groups is 1. The van der Waals surface area contributed by atoms with Crippen LogP contribution >= 0.6 is 11.8 Å². The lowest BCUT2D eigenvalue weighted by Crippen LogP contribution is -2.50. The van der Waals surface area contributed by atoms with Crippen LogP contribution in [0.3, 0.4) is 0 Å². The van der Waals surface area contributed by atoms with Gasteiger partial charge in [-0.25, -0.2) is 8.78 Å². The van der Waals surface area contributed by atoms with E-state index in [4.69, 9.17) is 4.74 Å². The Kier molecular flexibility index (Phi) is 8.21. The molecule has 0 saturated carbocycles. The number of halogens is 2. The molecule has 1 atom stereocenters. The monoisotopic (exact) mass is 491 g/mol. The van der Waals surface area contributed by atoms with E-state index in [-0.39, 0.29) is 12.2 Å². The lowest BCUT2D eigenvalue weighted by Gasteiger charge is -2.38. The average Bonchev–Trinajstić information content (AvgIpc) is 2.82. The fraction of sp³-hybridized carbons (Fsp3) is 0.480. The van der Waals surface area contributed by atoms with E-state index in [0.29, 0.717) is 25.4 Å². The minimum absolute atomic E-state index is 0.0287. The molecule has 2 aliphatic rings. The van der Waals surface area contributed by atoms with Crippen LogP contribution in [0.2, 0.25) is 0 Å². The van der Waals surface area contributed by atoms with Crippen LogP contribution in [0.1, 0.15) is 12.5 Å². The minimum atomic E-state index is -2.93. The second kappa shape index (κ2) is 11.1. The Morgan fingerprint density at radius 1 is 1.06 bits per heavy atom. The number of para-hydroxylation sites is 1. The number of hydrogen-bond acceptors (Lipinski definition) is 7. The van der Waals surface area contributed by atoms with Crippen LogP contribution in [0.15, 0.2) is 52.3 Å². The van der Waals surface area contributed by atoms with Crippen LogP contribution in [-0.2, 0) is 15.5 Å². The maximum atomic E-state index is 14.1. The molecular weight excluding hydrogens is 460 g/mol. The number of benzene rings is 2. The standard InChI is InChI=1S/C25H31F2N3O3S/c1-25(26,27)19-6-7-24-22(16-19)30(21-4-2-3-5-23(21)34-24)18-20(32)17-29-10-8-28(9-11-29)12-14-33-15-13-31/h2-7,13,16,20,32H,8-12,14-15,17-18H2,1H3. The molecule has 1 saturated heterocycles. The molecular formula is C25H31F2N3O3S. The number of carbonyl (C=O) groups excluding carboxylic acids is 1. The lowest BCUT2D eigenvalue weighted by atomic mass is 10.1. The van der Waals surface area contributed by atoms with Crippen molar-refractivity contribution in [1.82, 2.24) is 9.80 Å². The highest BCUT2D eigenvalue weighted by molar-refractivity contribution is 7.99. The van der Waals surface area contributed by atoms with Gasteiger partial charge in [0.1, 0.15) is 12.9 Å². The number of nitrogens with zero attached hydrogens (tertiary/aromatic N) is 3. The van der Waals surface area contributed by atoms with Gasteiger partial charge in [-0.1, -0.05) is 30.0 Å². The quantitative estimate of drug-likeness (QED) is 0.403. The molecule has 0 aromatic heterocycles. The molecule has 1 unspecified atom stereocenters. The van der Waals surface area contributed by atoms with Gasteiger partial charge in [-0.05, 0) is 24.3 Å². The summed E-state index contributed by atoms with van der Waals surface area (Å²) in [7, 11) is 0. The number of hydrogen-bond donors (Lipinski definition) is 1. The Balaban J connectivity index is 1.41. The maximum Gasteiger partial charge on any atom is 0.270 e. The van der Waals surface area contributed by atoms with Gasteiger partial charge in [0.05, 0.1) is 30.6 Å². The molecule has 0 amide bonds. The SMILES string of the molecule is CC(F)(F)c1ccc2c(c1)N(CC(O)CN1CCN(CCOCC=O)CC1)c1ccccc1S2. The van der Waals surface area contributed by atoms with Crippen molar-refractivity contribution in [3.05, 3.63) is 48.0 Å². The van der Waals surface area contributed by atoms with Crippen molar-refractivity contribution in [2.45, 2.75) is 28.7 Å². The zero-order chi connectivity index (χ0) is 24.1. The van der Waals surface area contributed by atoms with Gasteiger partial charge in [0.25, 0.3) is 5.92 Å². The van der Waals surface area contributed by atoms with Crippen LogP contribution in [0.4, 0.5) is 20.2 Å². The van der Waals surface area contributed by atoms with Gasteiger partial charge < -0.3 is 19.5 Å². The number of piperazine rings is 1. The molecule has 0 aliphatic carbocycles. The molecule has 2 aromatic carbocycles. The largest absolute Gasteiger partial charge is 0.390 e. The van der Waals surface area contributed by atoms with E-state index in [2.05, 4.69) is 9.80 Å². The maximum absolute atomic E-state index is 14.1. The van der Waals surface area contributed by atoms with E-state index in [1.54, 1.807) is 23.9 Å². The van der Waals surface area contributed by atoms with E-state index >= 15 is 0 Å². The van der Waals surface area contributed by atoms with Crippen molar-refractivity contribution < 1.29 is 23.4 Å². The summed E-state index contributed by atoms with van der Waals surface area (Å²) in [4.78, 5) is 18.8. The van der Waals surface area contributed by atoms with Gasteiger partial charge in [-0.3, -0.25) is 9.80 Å². The third kappa shape index (κ3) is 6.14. The summed E-state index contributed by atoms with van der Waals surface area (Å²) in [6, 6.07) is 12.7. The van der Waals surface area contributed by atoms with Crippen LogP contribution in [0.25, 0.3) is 0 Å². The second-order valence-corrected chi connectivity index (χ2v) is 9.87. The predicted octanol–water partition coefficient (Wildman–Crippen LogP) is 3.60. The summed E-state index contributed by atoms with van der Waals surface area (Å²) in [5.74, 6) is -2.93. The van der Waals surface area contributed by atoms with Crippen molar-refractivity contribution in [2.75, 3.05) is 63.9 Å². The molecule has 4 rings (SSSR count). The zero-order valence-corrected chi connectivity index (χ0v) is 20.1. The van der Waals surface area contributed by atoms with Crippen LogP contribution in [0, 0.1) is 0 Å². The average molecular weight is 492 g/mol. The number of aliphatic hydroxyl groups excluding tert-OH is 1. The molecule has 0 bridgehead atoms. The van der Waals surface area contributed by atoms with Gasteiger partial charge in [-0.15, -0.1) is 0 Å². The molecule has 6 nitrogen and oxygen atoms in total. The molecule has 2 heterocycles. The third-order valence-corrected chi connectivity index (χ3v) is 7.33. The first-order chi connectivity index (χ1) is 16.3. The first kappa shape index (κ1) is 25.1. The van der Waals surface area contributed by atoms with Crippen molar-refractivity contribution >= 4 is 29.4 Å². The lowest BCUT2D eigenvalue weighted by molar-refractivity contribution is -0.112. The van der Waals surface area contributed by atoms with Gasteiger partial charge in [0.15, 0.2) is 0 Å². The summed E-state index contributed by atoms with van der Waals surface area (Å²) in [6.07, 6.45) is 0.114. The first-order valence-electron chi connectivity index (χ1n) is 11.6. The summed E-state index contributed by atoms with van der Waals surface area (Å²) in [6.45, 7) is 6.61. The van der Waals surface area contributed by atoms with Crippen LogP contribution in [-0.4, -0.2) is 86.3 Å². The van der Waals surface area contributed by atoms with E-state index in [0.717, 1.165) is 61.4 Å². The number of aldehydes is 1. The minimum Gasteiger partial charge on any atom is -0.390 e. The summed E-state index contributed by atoms with van der Waals surface area (Å²) >= 11 is 1.56. The summed E-state index contributed by atoms with van der Waals surface area (Å²) in [5.41, 5.74) is 1.61. The van der Waals surface area contributed by atoms with Gasteiger partial charge >= 0.3 is 0 Å². The summed E-state index contributed by atoms with van der Waals surface area (Å²) < 4.78 is 33.3. The molecule has 2 aliphatic heterocycles. The second-order valence-electron chi connectivity index (χ2n) is 8.79. The van der Waals surface area contributed by atoms with Crippen molar-refractivity contribution in [1.29, 1.82) is 0 Å². The van der Waals surface area contributed by atoms with Gasteiger partial charge in [0, 0.05) is 61.5 Å². The molecule has 2 aromatic rings. The highest BCUT2D eigenvalue weighted by Gasteiger charge is 2.30. The highest BCUT2D eigenvalue weighted by atomic mass is 32.2. The third-order valence-electron chi connectivity index (χ3n) is 6.20. The number of fused-ring (bicyclic) bond motifs is 2. The normalized spacial score (nSPS) is 17.8. The highest BCUT2D eigenvalue weighted by Crippen LogP contribution is 2.49. The van der Waals surface area contributed by atoms with Crippen molar-refractivity contribution in [3.8, 4) is 0 Å². The molecule has 0 radical (unpaired) electrons. The molecule has 1 fully saturated rings. The predicted molar refractivity (Wildman–Crippen MR) is 129 cm³/mol. The number of ether oxygens (including phenoxy) is 1. The number of β-amino-alcohol motifs (C(OH)–C–C–N with tert-alkyl or cyclic N) is 1. The molecule has 34 heavy (non-hydrogen) atoms. The van der Waals surface area contributed by atoms with Crippen molar-refractivity contribution in [2.24, 2.45) is 0 Å². The van der Waals surface area contributed by atoms with Crippen molar-refractivity contribution in [3.63, 3.8) is 0 Å². The Hall–Kier alpha value is -2.04. The Morgan fingerprint density at radius 2 is 1.76 bits per heavy atom. The number of anilines is 2. The fourth-order valence-corrected chi connectivity index (χ4v) is 5.46. The number of alkyl halides is 2. The van der Waals surface area contributed by atoms with Crippen LogP contribution in [0.5, 0.6) is 0 Å². The Labute approximate surface area is 203 Å². The van der Waals surface area contributed by atoms with E-state index in [9.17, 15) is 18.7 Å². The van der Waals surface area contributed by atoms with Gasteiger partial charge in [-0.2, -0.15) is 0 Å². The molecule has 9 heteroatoms. The van der Waals surface area contributed by atoms with E-state index in [1.807, 2.05) is 29.2 Å². The zero-order valence-electron chi connectivity index (χ0n) is 19.3. The Bertz CT molecular complexity index is 980. The molecule has 0 spiro atoms. The van der Waals surface area contributed by atoms with Gasteiger partial charge in [0.2, 0.25) is 0 Å². The topological polar surface area (TPSA) is 56.3 Å². The Morgan fingerprint density at radius 3 is 2.50 bits per heavy atom. The first-order valence-corrected chi connectivity index (χ1v) is 12.4. The van der Waals surface area contributed by atoms with E-state index < -0.39 is 12.0 Å².